The van der Waals surface area contributed by atoms with Crippen molar-refractivity contribution in [1.29, 1.82) is 0 Å². The van der Waals surface area contributed by atoms with E-state index in [2.05, 4.69) is 20.6 Å². The number of alkyl halides is 3. The lowest BCUT2D eigenvalue weighted by Gasteiger charge is -2.21. The van der Waals surface area contributed by atoms with Gasteiger partial charge in [0.25, 0.3) is 5.56 Å². The van der Waals surface area contributed by atoms with E-state index in [0.29, 0.717) is 5.69 Å². The van der Waals surface area contributed by atoms with Gasteiger partial charge in [-0.1, -0.05) is 11.6 Å². The molecule has 5 aromatic rings. The van der Waals surface area contributed by atoms with Crippen molar-refractivity contribution in [2.24, 2.45) is 7.05 Å². The van der Waals surface area contributed by atoms with Crippen molar-refractivity contribution in [3.05, 3.63) is 76.1 Å². The summed E-state index contributed by atoms with van der Waals surface area (Å²) in [5, 5.41) is 14.8. The molecule has 3 aromatic heterocycles. The second-order valence-electron chi connectivity index (χ2n) is 9.46. The molecule has 1 atom stereocenters. The van der Waals surface area contributed by atoms with Crippen LogP contribution >= 0.6 is 11.6 Å². The maximum absolute atomic E-state index is 13.5. The summed E-state index contributed by atoms with van der Waals surface area (Å²) in [5.74, 6) is -2.31. The molecular formula is C28H24ClF3N6O5. The number of rotatable bonds is 9. The number of amides is 1. The fraction of sp³-hybridized carbons (Fsp3) is 0.250. The summed E-state index contributed by atoms with van der Waals surface area (Å²) in [6.45, 7) is 0.160. The van der Waals surface area contributed by atoms with Crippen molar-refractivity contribution < 1.29 is 31.9 Å². The zero-order chi connectivity index (χ0) is 30.9. The molecule has 43 heavy (non-hydrogen) atoms. The lowest BCUT2D eigenvalue weighted by Crippen LogP contribution is -2.34. The molecule has 224 valence electrons. The Kier molecular flexibility index (Phi) is 8.24. The van der Waals surface area contributed by atoms with Crippen molar-refractivity contribution in [3.63, 3.8) is 0 Å². The van der Waals surface area contributed by atoms with Gasteiger partial charge in [0.2, 0.25) is 11.8 Å². The predicted octanol–water partition coefficient (Wildman–Crippen LogP) is 5.35. The Morgan fingerprint density at radius 3 is 2.56 bits per heavy atom. The van der Waals surface area contributed by atoms with Crippen LogP contribution in [0.25, 0.3) is 33.5 Å². The number of pyridine rings is 1. The topological polar surface area (TPSA) is 126 Å². The number of carbonyl (C=O) groups is 1. The third-order valence-corrected chi connectivity index (χ3v) is 6.79. The number of hydrogen-bond acceptors (Lipinski definition) is 8. The van der Waals surface area contributed by atoms with Crippen LogP contribution in [-0.4, -0.2) is 51.3 Å². The van der Waals surface area contributed by atoms with E-state index in [1.54, 1.807) is 29.9 Å². The van der Waals surface area contributed by atoms with E-state index in [9.17, 15) is 22.8 Å². The maximum Gasteiger partial charge on any atom is 0.470 e. The van der Waals surface area contributed by atoms with Gasteiger partial charge in [0.05, 0.1) is 18.8 Å². The number of aromatic nitrogens is 5. The minimum atomic E-state index is -4.85. The smallest absolute Gasteiger partial charge is 0.470 e. The third-order valence-electron chi connectivity index (χ3n) is 6.55. The highest BCUT2D eigenvalue weighted by Gasteiger charge is 2.38. The highest BCUT2D eigenvalue weighted by molar-refractivity contribution is 6.31. The first-order valence-corrected chi connectivity index (χ1v) is 13.1. The Morgan fingerprint density at radius 1 is 1.07 bits per heavy atom. The average Bonchev–Trinajstić information content (AvgIpc) is 3.60. The fourth-order valence-electron chi connectivity index (χ4n) is 4.60. The lowest BCUT2D eigenvalue weighted by atomic mass is 9.99. The number of nitrogens with zero attached hydrogens (tertiary/aromatic N) is 5. The van der Waals surface area contributed by atoms with Crippen LogP contribution in [0.4, 0.5) is 18.9 Å². The van der Waals surface area contributed by atoms with Gasteiger partial charge in [0.15, 0.2) is 0 Å². The molecule has 0 radical (unpaired) electrons. The number of fused-ring (bicyclic) bond motifs is 1. The Balaban J connectivity index is 1.55. The summed E-state index contributed by atoms with van der Waals surface area (Å²) in [6.07, 6.45) is -1.55. The van der Waals surface area contributed by atoms with Gasteiger partial charge in [-0.05, 0) is 42.0 Å². The molecule has 2 aromatic carbocycles. The minimum absolute atomic E-state index is 0.0855. The first kappa shape index (κ1) is 29.8. The number of carbonyl (C=O) groups excluding carboxylic acids is 1. The van der Waals surface area contributed by atoms with Crippen LogP contribution in [0.2, 0.25) is 5.02 Å². The lowest BCUT2D eigenvalue weighted by molar-refractivity contribution is -0.157. The molecule has 11 nitrogen and oxygen atoms in total. The fourth-order valence-corrected chi connectivity index (χ4v) is 4.77. The number of methoxy groups -OCH3 is 2. The Labute approximate surface area is 246 Å². The number of aryl methyl sites for hydroxylation is 1. The summed E-state index contributed by atoms with van der Waals surface area (Å²) in [4.78, 5) is 27.0. The van der Waals surface area contributed by atoms with Gasteiger partial charge >= 0.3 is 12.1 Å². The van der Waals surface area contributed by atoms with Crippen LogP contribution in [0, 0.1) is 0 Å². The van der Waals surface area contributed by atoms with E-state index in [-0.39, 0.29) is 40.5 Å². The molecule has 0 spiro atoms. The standard InChI is InChI=1S/C28H24ClF3N6O5/c1-37-13-15-10-17(5-7-21(15)36-37)33-25(40)22(8-9-41-2)38-14-23(42-3)20(12-24(38)39)19-11-16(29)4-6-18(19)26-34-35-27(43-26)28(30,31)32/h4-7,10-14,22H,8-9H2,1-3H3,(H,33,40). The zero-order valence-corrected chi connectivity index (χ0v) is 23.7. The molecular weight excluding hydrogens is 593 g/mol. The number of hydrogen-bond donors (Lipinski definition) is 1. The van der Waals surface area contributed by atoms with Gasteiger partial charge in [-0.25, -0.2) is 0 Å². The average molecular weight is 617 g/mol. The van der Waals surface area contributed by atoms with Gasteiger partial charge in [-0.3, -0.25) is 18.8 Å². The summed E-state index contributed by atoms with van der Waals surface area (Å²) in [6, 6.07) is 9.68. The van der Waals surface area contributed by atoms with Crippen LogP contribution < -0.4 is 15.6 Å². The molecule has 0 saturated heterocycles. The van der Waals surface area contributed by atoms with Crippen molar-refractivity contribution in [2.45, 2.75) is 18.6 Å². The quantitative estimate of drug-likeness (QED) is 0.235. The van der Waals surface area contributed by atoms with Gasteiger partial charge in [-0.15, -0.1) is 10.2 Å². The first-order valence-electron chi connectivity index (χ1n) is 12.7. The summed E-state index contributed by atoms with van der Waals surface area (Å²) in [5.41, 5.74) is 1.13. The van der Waals surface area contributed by atoms with Crippen LogP contribution in [0.1, 0.15) is 18.4 Å². The van der Waals surface area contributed by atoms with Crippen LogP contribution in [0.3, 0.4) is 0 Å². The molecule has 0 fully saturated rings. The number of halogens is 4. The summed E-state index contributed by atoms with van der Waals surface area (Å²) < 4.78 is 57.9. The number of nitrogens with one attached hydrogen (secondary N) is 1. The van der Waals surface area contributed by atoms with E-state index in [1.165, 1.54) is 49.2 Å². The Bertz CT molecular complexity index is 1870. The molecule has 0 aliphatic rings. The third kappa shape index (κ3) is 6.24. The molecule has 1 amide bonds. The number of benzene rings is 2. The molecule has 15 heteroatoms. The van der Waals surface area contributed by atoms with E-state index in [1.807, 2.05) is 6.20 Å². The minimum Gasteiger partial charge on any atom is -0.495 e. The van der Waals surface area contributed by atoms with Crippen LogP contribution in [0.5, 0.6) is 5.75 Å². The van der Waals surface area contributed by atoms with Gasteiger partial charge in [0.1, 0.15) is 11.8 Å². The second-order valence-corrected chi connectivity index (χ2v) is 9.90. The predicted molar refractivity (Wildman–Crippen MR) is 151 cm³/mol. The second kappa shape index (κ2) is 11.9. The Morgan fingerprint density at radius 2 is 1.86 bits per heavy atom. The van der Waals surface area contributed by atoms with Gasteiger partial charge < -0.3 is 19.2 Å². The number of ether oxygens (including phenoxy) is 2. The molecule has 3 heterocycles. The van der Waals surface area contributed by atoms with Crippen LogP contribution in [-0.2, 0) is 22.8 Å². The molecule has 1 N–H and O–H groups in total. The molecule has 0 saturated carbocycles. The van der Waals surface area contributed by atoms with E-state index in [0.717, 1.165) is 10.9 Å². The van der Waals surface area contributed by atoms with E-state index in [4.69, 9.17) is 25.5 Å². The van der Waals surface area contributed by atoms with Crippen LogP contribution in [0.15, 0.2) is 64.1 Å². The molecule has 0 aliphatic carbocycles. The maximum atomic E-state index is 13.5. The monoisotopic (exact) mass is 616 g/mol. The number of anilines is 1. The van der Waals surface area contributed by atoms with E-state index < -0.39 is 35.5 Å². The zero-order valence-electron chi connectivity index (χ0n) is 23.0. The van der Waals surface area contributed by atoms with Crippen molar-refractivity contribution in [1.82, 2.24) is 24.5 Å². The Hall–Kier alpha value is -4.69. The normalized spacial score (nSPS) is 12.4. The largest absolute Gasteiger partial charge is 0.495 e. The SMILES string of the molecule is COCCC(C(=O)Nc1ccc2nn(C)cc2c1)n1cc(OC)c(-c2cc(Cl)ccc2-c2nnc(C(F)(F)F)o2)cc1=O. The molecule has 0 aliphatic heterocycles. The highest BCUT2D eigenvalue weighted by atomic mass is 35.5. The van der Waals surface area contributed by atoms with Crippen molar-refractivity contribution in [3.8, 4) is 28.3 Å². The summed E-state index contributed by atoms with van der Waals surface area (Å²) >= 11 is 6.22. The molecule has 0 bridgehead atoms. The van der Waals surface area contributed by atoms with Gasteiger partial charge in [-0.2, -0.15) is 18.3 Å². The van der Waals surface area contributed by atoms with Gasteiger partial charge in [0, 0.05) is 66.7 Å². The first-order chi connectivity index (χ1) is 20.5. The van der Waals surface area contributed by atoms with Crippen molar-refractivity contribution in [2.75, 3.05) is 26.1 Å². The molecule has 5 rings (SSSR count). The highest BCUT2D eigenvalue weighted by Crippen LogP contribution is 2.39. The molecule has 1 unspecified atom stereocenters. The summed E-state index contributed by atoms with van der Waals surface area (Å²) in [7, 11) is 4.61. The van der Waals surface area contributed by atoms with Crippen molar-refractivity contribution >= 4 is 34.1 Å². The van der Waals surface area contributed by atoms with E-state index >= 15 is 0 Å².